The summed E-state index contributed by atoms with van der Waals surface area (Å²) in [7, 11) is 0. The Morgan fingerprint density at radius 1 is 0.577 bits per heavy atom. The van der Waals surface area contributed by atoms with Crippen LogP contribution in [-0.4, -0.2) is 9.97 Å². The molecule has 0 bridgehead atoms. The van der Waals surface area contributed by atoms with E-state index >= 15 is 0 Å². The highest BCUT2D eigenvalue weighted by molar-refractivity contribution is 7.22. The normalized spacial score (nSPS) is 11.4. The molecule has 0 radical (unpaired) electrons. The van der Waals surface area contributed by atoms with Crippen molar-refractivity contribution < 1.29 is 0 Å². The van der Waals surface area contributed by atoms with Crippen molar-refractivity contribution in [3.63, 3.8) is 0 Å². The number of anilines is 2. The number of nitrogens with two attached hydrogens (primary N) is 2. The Morgan fingerprint density at radius 3 is 1.46 bits per heavy atom. The summed E-state index contributed by atoms with van der Waals surface area (Å²) in [4.78, 5) is 9.57. The summed E-state index contributed by atoms with van der Waals surface area (Å²) in [6.07, 6.45) is 0. The van der Waals surface area contributed by atoms with E-state index in [1.807, 2.05) is 48.5 Å². The molecule has 0 fully saturated rings. The van der Waals surface area contributed by atoms with E-state index in [9.17, 15) is 0 Å². The average Bonchev–Trinajstić information content (AvgIpc) is 3.27. The number of nitrogens with zero attached hydrogens (tertiary/aromatic N) is 2. The van der Waals surface area contributed by atoms with Crippen LogP contribution in [0.5, 0.6) is 0 Å². The number of thiazole rings is 2. The Hall–Kier alpha value is -2.96. The smallest absolute Gasteiger partial charge is 0.125 e. The number of hydrogen-bond donors (Lipinski definition) is 2. The number of para-hydroxylation sites is 2. The summed E-state index contributed by atoms with van der Waals surface area (Å²) in [6, 6.07) is 20.0. The van der Waals surface area contributed by atoms with E-state index in [1.165, 1.54) is 0 Å². The minimum atomic E-state index is 0.704. The van der Waals surface area contributed by atoms with Crippen molar-refractivity contribution in [3.05, 3.63) is 60.7 Å². The number of hydrogen-bond acceptors (Lipinski definition) is 6. The molecular weight excluding hydrogens is 360 g/mol. The van der Waals surface area contributed by atoms with Gasteiger partial charge in [-0.3, -0.25) is 0 Å². The Bertz CT molecular complexity index is 1170. The lowest BCUT2D eigenvalue weighted by Crippen LogP contribution is -1.87. The first-order valence-corrected chi connectivity index (χ1v) is 9.74. The van der Waals surface area contributed by atoms with E-state index in [4.69, 9.17) is 21.4 Å². The highest BCUT2D eigenvalue weighted by atomic mass is 32.1. The van der Waals surface area contributed by atoms with Gasteiger partial charge in [-0.15, -0.1) is 22.7 Å². The third-order valence-electron chi connectivity index (χ3n) is 4.29. The van der Waals surface area contributed by atoms with Gasteiger partial charge in [0.05, 0.1) is 20.8 Å². The van der Waals surface area contributed by atoms with Crippen molar-refractivity contribution in [2.24, 2.45) is 0 Å². The first kappa shape index (κ1) is 15.3. The van der Waals surface area contributed by atoms with Gasteiger partial charge >= 0.3 is 0 Å². The number of fused-ring (bicyclic) bond motifs is 2. The molecule has 2 heterocycles. The highest BCUT2D eigenvalue weighted by Gasteiger charge is 2.16. The van der Waals surface area contributed by atoms with Crippen LogP contribution in [-0.2, 0) is 0 Å². The standard InChI is InChI=1S/C20H14N4S2/c21-13-7-3-9-15-17(13)23-19(25-15)11-5-1-2-6-12(11)20-24-18-14(22)8-4-10-16(18)26-20/h1-10H,21-22H2. The summed E-state index contributed by atoms with van der Waals surface area (Å²) >= 11 is 3.29. The molecule has 0 amide bonds. The Labute approximate surface area is 157 Å². The summed E-state index contributed by atoms with van der Waals surface area (Å²) in [5, 5.41) is 1.89. The van der Waals surface area contributed by atoms with Gasteiger partial charge < -0.3 is 11.5 Å². The summed E-state index contributed by atoms with van der Waals surface area (Å²) in [6.45, 7) is 0. The average molecular weight is 374 g/mol. The maximum absolute atomic E-state index is 6.08. The summed E-state index contributed by atoms with van der Waals surface area (Å²) in [5.74, 6) is 0. The SMILES string of the molecule is Nc1cccc2sc(-c3ccccc3-c3nc4c(N)cccc4s3)nc12. The molecule has 0 atom stereocenters. The minimum absolute atomic E-state index is 0.704. The predicted molar refractivity (Wildman–Crippen MR) is 112 cm³/mol. The van der Waals surface area contributed by atoms with Gasteiger partial charge in [0.2, 0.25) is 0 Å². The highest BCUT2D eigenvalue weighted by Crippen LogP contribution is 2.40. The molecule has 0 unspecified atom stereocenters. The lowest BCUT2D eigenvalue weighted by Gasteiger charge is -2.03. The largest absolute Gasteiger partial charge is 0.397 e. The molecule has 0 aliphatic rings. The van der Waals surface area contributed by atoms with Crippen LogP contribution >= 0.6 is 22.7 Å². The fourth-order valence-electron chi connectivity index (χ4n) is 3.03. The Morgan fingerprint density at radius 2 is 1.04 bits per heavy atom. The second-order valence-corrected chi connectivity index (χ2v) is 8.03. The zero-order valence-corrected chi connectivity index (χ0v) is 15.3. The van der Waals surface area contributed by atoms with Gasteiger partial charge in [0.15, 0.2) is 0 Å². The zero-order valence-electron chi connectivity index (χ0n) is 13.6. The number of aromatic nitrogens is 2. The van der Waals surface area contributed by atoms with Gasteiger partial charge in [-0.2, -0.15) is 0 Å². The van der Waals surface area contributed by atoms with Gasteiger partial charge in [-0.25, -0.2) is 9.97 Å². The van der Waals surface area contributed by atoms with Gasteiger partial charge in [0.1, 0.15) is 21.0 Å². The van der Waals surface area contributed by atoms with Crippen molar-refractivity contribution >= 4 is 54.5 Å². The number of rotatable bonds is 2. The van der Waals surface area contributed by atoms with E-state index in [0.717, 1.165) is 41.6 Å². The Balaban J connectivity index is 1.73. The van der Waals surface area contributed by atoms with Gasteiger partial charge in [-0.05, 0) is 24.3 Å². The van der Waals surface area contributed by atoms with Crippen molar-refractivity contribution in [2.75, 3.05) is 11.5 Å². The molecule has 5 aromatic rings. The van der Waals surface area contributed by atoms with Crippen LogP contribution in [0, 0.1) is 0 Å². The molecule has 4 nitrogen and oxygen atoms in total. The van der Waals surface area contributed by atoms with Gasteiger partial charge in [-0.1, -0.05) is 36.4 Å². The van der Waals surface area contributed by atoms with Crippen LogP contribution in [0.25, 0.3) is 41.6 Å². The van der Waals surface area contributed by atoms with Crippen molar-refractivity contribution in [1.82, 2.24) is 9.97 Å². The molecule has 0 saturated carbocycles. The number of benzene rings is 3. The lowest BCUT2D eigenvalue weighted by atomic mass is 10.1. The summed E-state index contributed by atoms with van der Waals surface area (Å²) < 4.78 is 2.17. The van der Waals surface area contributed by atoms with E-state index in [2.05, 4.69) is 12.1 Å². The van der Waals surface area contributed by atoms with E-state index in [-0.39, 0.29) is 0 Å². The topological polar surface area (TPSA) is 77.8 Å². The van der Waals surface area contributed by atoms with Crippen LogP contribution in [0.3, 0.4) is 0 Å². The molecule has 3 aromatic carbocycles. The molecule has 4 N–H and O–H groups in total. The molecular formula is C20H14N4S2. The second kappa shape index (κ2) is 5.79. The summed E-state index contributed by atoms with van der Waals surface area (Å²) in [5.41, 5.74) is 17.4. The molecule has 2 aromatic heterocycles. The molecule has 5 rings (SSSR count). The van der Waals surface area contributed by atoms with Gasteiger partial charge in [0.25, 0.3) is 0 Å². The predicted octanol–water partition coefficient (Wildman–Crippen LogP) is 5.40. The van der Waals surface area contributed by atoms with Crippen LogP contribution in [0.15, 0.2) is 60.7 Å². The second-order valence-electron chi connectivity index (χ2n) is 5.97. The molecule has 0 saturated heterocycles. The van der Waals surface area contributed by atoms with Gasteiger partial charge in [0, 0.05) is 11.1 Å². The molecule has 0 aliphatic heterocycles. The molecule has 6 heteroatoms. The maximum Gasteiger partial charge on any atom is 0.125 e. The first-order valence-electron chi connectivity index (χ1n) is 8.10. The first-order chi connectivity index (χ1) is 12.7. The number of nitrogen functional groups attached to an aromatic ring is 2. The lowest BCUT2D eigenvalue weighted by molar-refractivity contribution is 1.44. The van der Waals surface area contributed by atoms with E-state index in [0.29, 0.717) is 11.4 Å². The van der Waals surface area contributed by atoms with Crippen LogP contribution in [0.1, 0.15) is 0 Å². The fraction of sp³-hybridized carbons (Fsp3) is 0. The Kier molecular flexibility index (Phi) is 3.41. The third-order valence-corrected chi connectivity index (χ3v) is 6.40. The van der Waals surface area contributed by atoms with E-state index < -0.39 is 0 Å². The van der Waals surface area contributed by atoms with Crippen molar-refractivity contribution in [2.45, 2.75) is 0 Å². The zero-order chi connectivity index (χ0) is 17.7. The third kappa shape index (κ3) is 2.34. The van der Waals surface area contributed by atoms with Crippen molar-refractivity contribution in [3.8, 4) is 21.1 Å². The van der Waals surface area contributed by atoms with Crippen molar-refractivity contribution in [1.29, 1.82) is 0 Å². The van der Waals surface area contributed by atoms with Crippen LogP contribution < -0.4 is 11.5 Å². The van der Waals surface area contributed by atoms with E-state index in [1.54, 1.807) is 22.7 Å². The molecule has 0 aliphatic carbocycles. The maximum atomic E-state index is 6.08. The van der Waals surface area contributed by atoms with Crippen LogP contribution in [0.4, 0.5) is 11.4 Å². The molecule has 0 spiro atoms. The quantitative estimate of drug-likeness (QED) is 0.405. The van der Waals surface area contributed by atoms with Crippen LogP contribution in [0.2, 0.25) is 0 Å². The monoisotopic (exact) mass is 374 g/mol. The minimum Gasteiger partial charge on any atom is -0.397 e. The molecule has 126 valence electrons. The fourth-order valence-corrected chi connectivity index (χ4v) is 5.11. The molecule has 26 heavy (non-hydrogen) atoms.